The molecule has 12 heavy (non-hydrogen) atoms. The van der Waals surface area contributed by atoms with Crippen LogP contribution >= 0.6 is 0 Å². The Balaban J connectivity index is 1.92. The largest absolute Gasteiger partial charge is 0.393 e. The van der Waals surface area contributed by atoms with Crippen molar-refractivity contribution in [2.75, 3.05) is 0 Å². The standard InChI is InChI=1S/C10H14O2/c11-9-5-1-3-6-2-4(5)8(7(3)9)10(6)12/h3-12H,1-2H2/t3-,4-,5-,6+,7-,8+,9+,10-/m1/s1. The first kappa shape index (κ1) is 6.39. The van der Waals surface area contributed by atoms with Crippen LogP contribution < -0.4 is 0 Å². The van der Waals surface area contributed by atoms with Crippen molar-refractivity contribution in [1.82, 2.24) is 0 Å². The Hall–Kier alpha value is -0.0800. The Bertz CT molecular complexity index is 226. The van der Waals surface area contributed by atoms with Crippen LogP contribution in [-0.2, 0) is 0 Å². The van der Waals surface area contributed by atoms with E-state index < -0.39 is 0 Å². The molecule has 0 amide bonds. The topological polar surface area (TPSA) is 40.5 Å². The summed E-state index contributed by atoms with van der Waals surface area (Å²) in [6.07, 6.45) is 2.34. The summed E-state index contributed by atoms with van der Waals surface area (Å²) in [5.74, 6) is 3.50. The van der Waals surface area contributed by atoms with Crippen LogP contribution in [0.15, 0.2) is 0 Å². The summed E-state index contributed by atoms with van der Waals surface area (Å²) >= 11 is 0. The molecule has 4 rings (SSSR count). The fourth-order valence-electron chi connectivity index (χ4n) is 5.10. The minimum absolute atomic E-state index is 0.0489. The van der Waals surface area contributed by atoms with Gasteiger partial charge in [0.25, 0.3) is 0 Å². The zero-order valence-electron chi connectivity index (χ0n) is 6.93. The molecule has 2 nitrogen and oxygen atoms in total. The van der Waals surface area contributed by atoms with Crippen LogP contribution in [0.5, 0.6) is 0 Å². The third-order valence-corrected chi connectivity index (χ3v) is 5.29. The van der Waals surface area contributed by atoms with Crippen LogP contribution in [0.25, 0.3) is 0 Å². The highest BCUT2D eigenvalue weighted by Gasteiger charge is 2.72. The average molecular weight is 166 g/mol. The van der Waals surface area contributed by atoms with E-state index in [1.807, 2.05) is 0 Å². The van der Waals surface area contributed by atoms with E-state index in [0.717, 1.165) is 0 Å². The third-order valence-electron chi connectivity index (χ3n) is 5.29. The summed E-state index contributed by atoms with van der Waals surface area (Å²) in [7, 11) is 0. The zero-order chi connectivity index (χ0) is 8.03. The Morgan fingerprint density at radius 1 is 0.667 bits per heavy atom. The van der Waals surface area contributed by atoms with Gasteiger partial charge < -0.3 is 10.2 Å². The molecule has 0 radical (unpaired) electrons. The fourth-order valence-corrected chi connectivity index (χ4v) is 5.10. The first-order valence-corrected chi connectivity index (χ1v) is 5.15. The van der Waals surface area contributed by atoms with Crippen molar-refractivity contribution in [2.24, 2.45) is 35.5 Å². The molecule has 0 aromatic heterocycles. The lowest BCUT2D eigenvalue weighted by atomic mass is 9.71. The van der Waals surface area contributed by atoms with Crippen LogP contribution in [0.4, 0.5) is 0 Å². The molecule has 0 aromatic carbocycles. The summed E-state index contributed by atoms with van der Waals surface area (Å²) in [4.78, 5) is 0. The van der Waals surface area contributed by atoms with E-state index >= 15 is 0 Å². The molecular formula is C10H14O2. The summed E-state index contributed by atoms with van der Waals surface area (Å²) in [6.45, 7) is 0. The van der Waals surface area contributed by atoms with Crippen molar-refractivity contribution in [3.05, 3.63) is 0 Å². The molecule has 0 unspecified atom stereocenters. The van der Waals surface area contributed by atoms with Gasteiger partial charge in [0.05, 0.1) is 12.2 Å². The van der Waals surface area contributed by atoms with E-state index in [1.165, 1.54) is 12.8 Å². The first-order chi connectivity index (χ1) is 5.79. The summed E-state index contributed by atoms with van der Waals surface area (Å²) in [5.41, 5.74) is 0. The van der Waals surface area contributed by atoms with Gasteiger partial charge in [0.1, 0.15) is 0 Å². The lowest BCUT2D eigenvalue weighted by Crippen LogP contribution is -2.27. The minimum atomic E-state index is -0.0489. The molecule has 8 atom stereocenters. The van der Waals surface area contributed by atoms with Crippen molar-refractivity contribution in [1.29, 1.82) is 0 Å². The number of fused-ring (bicyclic) bond motifs is 4. The fraction of sp³-hybridized carbons (Fsp3) is 1.00. The molecule has 66 valence electrons. The van der Waals surface area contributed by atoms with Crippen molar-refractivity contribution >= 4 is 0 Å². The highest BCUT2D eigenvalue weighted by Crippen LogP contribution is 2.72. The van der Waals surface area contributed by atoms with Gasteiger partial charge in [-0.25, -0.2) is 0 Å². The number of aliphatic hydroxyl groups is 2. The van der Waals surface area contributed by atoms with Gasteiger partial charge in [-0.1, -0.05) is 0 Å². The van der Waals surface area contributed by atoms with Crippen LogP contribution in [0, 0.1) is 35.5 Å². The summed E-state index contributed by atoms with van der Waals surface area (Å²) in [6, 6.07) is 0. The molecule has 0 heterocycles. The molecule has 4 fully saturated rings. The minimum Gasteiger partial charge on any atom is -0.393 e. The highest BCUT2D eigenvalue weighted by atomic mass is 16.3. The van der Waals surface area contributed by atoms with Crippen molar-refractivity contribution in [2.45, 2.75) is 25.0 Å². The molecule has 4 aliphatic rings. The molecule has 0 aliphatic heterocycles. The van der Waals surface area contributed by atoms with Crippen molar-refractivity contribution in [3.8, 4) is 0 Å². The Labute approximate surface area is 71.6 Å². The lowest BCUT2D eigenvalue weighted by Gasteiger charge is -2.33. The quantitative estimate of drug-likeness (QED) is 0.541. The van der Waals surface area contributed by atoms with Gasteiger partial charge in [0.15, 0.2) is 0 Å². The molecule has 0 saturated heterocycles. The van der Waals surface area contributed by atoms with E-state index in [4.69, 9.17) is 0 Å². The Morgan fingerprint density at radius 2 is 1.08 bits per heavy atom. The number of hydrogen-bond acceptors (Lipinski definition) is 2. The van der Waals surface area contributed by atoms with Crippen molar-refractivity contribution in [3.63, 3.8) is 0 Å². The van der Waals surface area contributed by atoms with Crippen LogP contribution in [-0.4, -0.2) is 22.4 Å². The predicted octanol–water partition coefficient (Wildman–Crippen LogP) is 0.240. The van der Waals surface area contributed by atoms with Crippen LogP contribution in [0.1, 0.15) is 12.8 Å². The van der Waals surface area contributed by atoms with Crippen molar-refractivity contribution < 1.29 is 10.2 Å². The highest BCUT2D eigenvalue weighted by molar-refractivity contribution is 5.20. The number of aliphatic hydroxyl groups excluding tert-OH is 2. The number of rotatable bonds is 0. The van der Waals surface area contributed by atoms with Gasteiger partial charge in [-0.2, -0.15) is 0 Å². The van der Waals surface area contributed by atoms with E-state index in [9.17, 15) is 10.2 Å². The Morgan fingerprint density at radius 3 is 1.42 bits per heavy atom. The maximum absolute atomic E-state index is 9.91. The monoisotopic (exact) mass is 166 g/mol. The van der Waals surface area contributed by atoms with Gasteiger partial charge in [0, 0.05) is 0 Å². The molecule has 2 N–H and O–H groups in total. The van der Waals surface area contributed by atoms with Gasteiger partial charge in [-0.3, -0.25) is 0 Å². The maximum Gasteiger partial charge on any atom is 0.0605 e. The normalized spacial score (nSPS) is 76.5. The molecule has 0 aromatic rings. The predicted molar refractivity (Wildman–Crippen MR) is 42.2 cm³/mol. The third kappa shape index (κ3) is 0.409. The first-order valence-electron chi connectivity index (χ1n) is 5.15. The van der Waals surface area contributed by atoms with Gasteiger partial charge in [-0.15, -0.1) is 0 Å². The molecule has 4 aliphatic carbocycles. The molecule has 0 spiro atoms. The number of hydrogen-bond donors (Lipinski definition) is 2. The summed E-state index contributed by atoms with van der Waals surface area (Å²) in [5, 5.41) is 19.8. The van der Waals surface area contributed by atoms with E-state index in [1.54, 1.807) is 0 Å². The molecule has 4 bridgehead atoms. The van der Waals surface area contributed by atoms with Gasteiger partial charge in [-0.05, 0) is 48.3 Å². The van der Waals surface area contributed by atoms with Gasteiger partial charge in [0.2, 0.25) is 0 Å². The smallest absolute Gasteiger partial charge is 0.0605 e. The molecular weight excluding hydrogens is 152 g/mol. The molecule has 4 saturated carbocycles. The van der Waals surface area contributed by atoms with E-state index in [2.05, 4.69) is 0 Å². The zero-order valence-corrected chi connectivity index (χ0v) is 6.93. The summed E-state index contributed by atoms with van der Waals surface area (Å²) < 4.78 is 0. The second-order valence-electron chi connectivity index (χ2n) is 5.26. The molecule has 2 heteroatoms. The van der Waals surface area contributed by atoms with E-state index in [0.29, 0.717) is 35.5 Å². The maximum atomic E-state index is 9.91. The van der Waals surface area contributed by atoms with Crippen LogP contribution in [0.2, 0.25) is 0 Å². The SMILES string of the molecule is O[C@@H]1[C@H]2C[C@@H]3[C@H]4C[C@H]2[C@@H]([C@H]4O)[C@@H]13. The average Bonchev–Trinajstić information content (AvgIpc) is 2.68. The second-order valence-corrected chi connectivity index (χ2v) is 5.26. The van der Waals surface area contributed by atoms with Crippen LogP contribution in [0.3, 0.4) is 0 Å². The van der Waals surface area contributed by atoms with Gasteiger partial charge >= 0.3 is 0 Å². The Kier molecular flexibility index (Phi) is 0.851. The lowest BCUT2D eigenvalue weighted by molar-refractivity contribution is 0.0944. The second kappa shape index (κ2) is 1.60. The van der Waals surface area contributed by atoms with E-state index in [-0.39, 0.29) is 12.2 Å².